The molecule has 3 N–H and O–H groups in total. The van der Waals surface area contributed by atoms with Crippen LogP contribution in [0.3, 0.4) is 0 Å². The van der Waals surface area contributed by atoms with Crippen molar-refractivity contribution in [1.82, 2.24) is 10.2 Å². The number of benzene rings is 2. The minimum Gasteiger partial charge on any atom is -0.369 e. The van der Waals surface area contributed by atoms with Crippen LogP contribution in [0.25, 0.3) is 0 Å². The lowest BCUT2D eigenvalue weighted by Crippen LogP contribution is -2.43. The monoisotopic (exact) mass is 370 g/mol. The molecule has 1 atom stereocenters. The standard InChI is InChI=1S/C21H27FN4O/c1-15-6-4-5-7-17(15)14-26(3)21(24-2)25-13-18(20(23)27)12-16-8-10-19(22)11-9-16/h4-11,18H,12-14H2,1-3H3,(H2,23,27)(H,24,25). The van der Waals surface area contributed by atoms with Crippen molar-refractivity contribution in [2.45, 2.75) is 19.9 Å². The molecule has 144 valence electrons. The number of nitrogens with zero attached hydrogens (tertiary/aromatic N) is 2. The summed E-state index contributed by atoms with van der Waals surface area (Å²) in [6, 6.07) is 14.3. The molecule has 1 amide bonds. The normalized spacial score (nSPS) is 12.5. The quantitative estimate of drug-likeness (QED) is 0.581. The van der Waals surface area contributed by atoms with Gasteiger partial charge in [-0.2, -0.15) is 0 Å². The molecule has 2 aromatic carbocycles. The SMILES string of the molecule is CN=C(NCC(Cc1ccc(F)cc1)C(N)=O)N(C)Cc1ccccc1C. The van der Waals surface area contributed by atoms with E-state index < -0.39 is 11.8 Å². The first kappa shape index (κ1) is 20.4. The molecule has 0 aromatic heterocycles. The first-order valence-electron chi connectivity index (χ1n) is 8.90. The maximum atomic E-state index is 13.1. The van der Waals surface area contributed by atoms with E-state index in [-0.39, 0.29) is 5.82 Å². The first-order valence-corrected chi connectivity index (χ1v) is 8.90. The molecule has 0 saturated heterocycles. The number of hydrogen-bond donors (Lipinski definition) is 2. The second kappa shape index (κ2) is 9.71. The lowest BCUT2D eigenvalue weighted by molar-refractivity contribution is -0.121. The molecule has 0 bridgehead atoms. The van der Waals surface area contributed by atoms with E-state index in [0.29, 0.717) is 25.5 Å². The molecule has 27 heavy (non-hydrogen) atoms. The topological polar surface area (TPSA) is 70.7 Å². The number of primary amides is 1. The van der Waals surface area contributed by atoms with Crippen molar-refractivity contribution in [2.24, 2.45) is 16.6 Å². The Morgan fingerprint density at radius 2 is 1.89 bits per heavy atom. The molecule has 2 aromatic rings. The molecule has 0 spiro atoms. The Bertz CT molecular complexity index is 789. The summed E-state index contributed by atoms with van der Waals surface area (Å²) in [4.78, 5) is 18.1. The summed E-state index contributed by atoms with van der Waals surface area (Å²) in [5.74, 6) is -0.433. The summed E-state index contributed by atoms with van der Waals surface area (Å²) in [7, 11) is 3.65. The molecular weight excluding hydrogens is 343 g/mol. The highest BCUT2D eigenvalue weighted by Gasteiger charge is 2.18. The third-order valence-electron chi connectivity index (χ3n) is 4.55. The third-order valence-corrected chi connectivity index (χ3v) is 4.55. The largest absolute Gasteiger partial charge is 0.369 e. The van der Waals surface area contributed by atoms with Gasteiger partial charge in [-0.05, 0) is 42.2 Å². The number of carbonyl (C=O) groups is 1. The van der Waals surface area contributed by atoms with Gasteiger partial charge in [0.25, 0.3) is 0 Å². The third kappa shape index (κ3) is 6.09. The highest BCUT2D eigenvalue weighted by atomic mass is 19.1. The number of carbonyl (C=O) groups excluding carboxylic acids is 1. The van der Waals surface area contributed by atoms with Crippen molar-refractivity contribution in [3.63, 3.8) is 0 Å². The van der Waals surface area contributed by atoms with Crippen LogP contribution in [-0.2, 0) is 17.8 Å². The van der Waals surface area contributed by atoms with E-state index in [1.54, 1.807) is 19.2 Å². The fraction of sp³-hybridized carbons (Fsp3) is 0.333. The van der Waals surface area contributed by atoms with E-state index >= 15 is 0 Å². The second-order valence-electron chi connectivity index (χ2n) is 6.64. The zero-order valence-electron chi connectivity index (χ0n) is 16.1. The average molecular weight is 370 g/mol. The highest BCUT2D eigenvalue weighted by molar-refractivity contribution is 5.81. The van der Waals surface area contributed by atoms with Crippen molar-refractivity contribution in [2.75, 3.05) is 20.6 Å². The lowest BCUT2D eigenvalue weighted by atomic mass is 9.98. The molecule has 2 rings (SSSR count). The Kier molecular flexibility index (Phi) is 7.34. The van der Waals surface area contributed by atoms with Crippen molar-refractivity contribution < 1.29 is 9.18 Å². The van der Waals surface area contributed by atoms with Crippen LogP contribution in [0.15, 0.2) is 53.5 Å². The molecule has 6 heteroatoms. The van der Waals surface area contributed by atoms with Gasteiger partial charge in [0, 0.05) is 27.2 Å². The number of aliphatic imine (C=N–C) groups is 1. The molecule has 0 saturated carbocycles. The van der Waals surface area contributed by atoms with Crippen LogP contribution in [0.2, 0.25) is 0 Å². The van der Waals surface area contributed by atoms with E-state index in [2.05, 4.69) is 29.4 Å². The summed E-state index contributed by atoms with van der Waals surface area (Å²) >= 11 is 0. The van der Waals surface area contributed by atoms with Gasteiger partial charge in [-0.1, -0.05) is 36.4 Å². The van der Waals surface area contributed by atoms with Crippen LogP contribution in [-0.4, -0.2) is 37.4 Å². The van der Waals surface area contributed by atoms with Gasteiger partial charge in [-0.25, -0.2) is 4.39 Å². The maximum Gasteiger partial charge on any atom is 0.222 e. The lowest BCUT2D eigenvalue weighted by Gasteiger charge is -2.24. The summed E-state index contributed by atoms with van der Waals surface area (Å²) in [6.45, 7) is 3.13. The highest BCUT2D eigenvalue weighted by Crippen LogP contribution is 2.11. The summed E-state index contributed by atoms with van der Waals surface area (Å²) < 4.78 is 13.1. The number of hydrogen-bond acceptors (Lipinski definition) is 2. The zero-order chi connectivity index (χ0) is 19.8. The number of amides is 1. The molecular formula is C21H27FN4O. The molecule has 0 heterocycles. The van der Waals surface area contributed by atoms with Crippen LogP contribution in [0, 0.1) is 18.7 Å². The van der Waals surface area contributed by atoms with Gasteiger partial charge >= 0.3 is 0 Å². The van der Waals surface area contributed by atoms with Gasteiger partial charge in [0.15, 0.2) is 5.96 Å². The smallest absolute Gasteiger partial charge is 0.222 e. The predicted octanol–water partition coefficient (Wildman–Crippen LogP) is 2.49. The van der Waals surface area contributed by atoms with Crippen LogP contribution < -0.4 is 11.1 Å². The number of halogens is 1. The van der Waals surface area contributed by atoms with Gasteiger partial charge in [-0.3, -0.25) is 9.79 Å². The number of guanidine groups is 1. The van der Waals surface area contributed by atoms with Crippen molar-refractivity contribution in [3.8, 4) is 0 Å². The predicted molar refractivity (Wildman–Crippen MR) is 107 cm³/mol. The molecule has 0 radical (unpaired) electrons. The Morgan fingerprint density at radius 1 is 1.22 bits per heavy atom. The molecule has 0 fully saturated rings. The van der Waals surface area contributed by atoms with E-state index in [1.807, 2.05) is 24.1 Å². The minimum absolute atomic E-state index is 0.300. The Balaban J connectivity index is 1.98. The number of nitrogens with two attached hydrogens (primary N) is 1. The Hall–Kier alpha value is -2.89. The average Bonchev–Trinajstić information content (AvgIpc) is 2.64. The number of rotatable bonds is 7. The molecule has 5 nitrogen and oxygen atoms in total. The van der Waals surface area contributed by atoms with Gasteiger partial charge in [0.1, 0.15) is 5.82 Å². The van der Waals surface area contributed by atoms with E-state index in [4.69, 9.17) is 5.73 Å². The summed E-state index contributed by atoms with van der Waals surface area (Å²) in [6.07, 6.45) is 0.446. The van der Waals surface area contributed by atoms with Crippen molar-refractivity contribution in [3.05, 3.63) is 71.0 Å². The minimum atomic E-state index is -0.418. The number of aryl methyl sites for hydroxylation is 1. The molecule has 0 aliphatic rings. The first-order chi connectivity index (χ1) is 12.9. The van der Waals surface area contributed by atoms with Gasteiger partial charge in [0.05, 0.1) is 5.92 Å². The van der Waals surface area contributed by atoms with E-state index in [1.165, 1.54) is 23.3 Å². The summed E-state index contributed by atoms with van der Waals surface area (Å²) in [5, 5.41) is 3.22. The summed E-state index contributed by atoms with van der Waals surface area (Å²) in [5.41, 5.74) is 8.84. The molecule has 0 aliphatic carbocycles. The van der Waals surface area contributed by atoms with Crippen LogP contribution in [0.5, 0.6) is 0 Å². The van der Waals surface area contributed by atoms with Gasteiger partial charge in [-0.15, -0.1) is 0 Å². The Morgan fingerprint density at radius 3 is 2.48 bits per heavy atom. The maximum absolute atomic E-state index is 13.1. The Labute approximate surface area is 160 Å². The van der Waals surface area contributed by atoms with Crippen molar-refractivity contribution in [1.29, 1.82) is 0 Å². The fourth-order valence-corrected chi connectivity index (χ4v) is 2.90. The van der Waals surface area contributed by atoms with E-state index in [9.17, 15) is 9.18 Å². The zero-order valence-corrected chi connectivity index (χ0v) is 16.1. The van der Waals surface area contributed by atoms with Crippen LogP contribution >= 0.6 is 0 Å². The second-order valence-corrected chi connectivity index (χ2v) is 6.64. The number of nitrogens with one attached hydrogen (secondary N) is 1. The van der Waals surface area contributed by atoms with E-state index in [0.717, 1.165) is 5.56 Å². The van der Waals surface area contributed by atoms with Crippen molar-refractivity contribution >= 4 is 11.9 Å². The molecule has 1 unspecified atom stereocenters. The van der Waals surface area contributed by atoms with Gasteiger partial charge in [0.2, 0.25) is 5.91 Å². The van der Waals surface area contributed by atoms with Crippen LogP contribution in [0.4, 0.5) is 4.39 Å². The van der Waals surface area contributed by atoms with Crippen LogP contribution in [0.1, 0.15) is 16.7 Å². The molecule has 0 aliphatic heterocycles. The fourth-order valence-electron chi connectivity index (χ4n) is 2.90. The van der Waals surface area contributed by atoms with Gasteiger partial charge < -0.3 is 16.0 Å².